The number of aliphatic hydroxyl groups excluding tert-OH is 1. The Balaban J connectivity index is 1.44. The fourth-order valence-electron chi connectivity index (χ4n) is 10.3. The van der Waals surface area contributed by atoms with Crippen molar-refractivity contribution in [1.29, 1.82) is 0 Å². The predicted octanol–water partition coefficient (Wildman–Crippen LogP) is 6.23. The van der Waals surface area contributed by atoms with Gasteiger partial charge in [-0.15, -0.1) is 0 Å². The Morgan fingerprint density at radius 2 is 1.59 bits per heavy atom. The molecule has 16 nitrogen and oxygen atoms in total. The molecule has 0 spiro atoms. The number of carbonyl (C=O) groups excluding carboxylic acids is 5. The van der Waals surface area contributed by atoms with Gasteiger partial charge in [-0.2, -0.15) is 0 Å². The number of benzene rings is 1. The second-order valence-corrected chi connectivity index (χ2v) is 19.1. The SMILES string of the molecule is CCC1/C=C(\C)CC(C)CC(OC)C2OC(O)(C(=O)C(=O)N3CCCCC3C(=O)OC(C(C)=CC3CCC(OC(=O)NNc4ccccc4)C(OC)C3)C(C)C(O)CC1=O)C(C)CC2OC. The van der Waals surface area contributed by atoms with Crippen LogP contribution in [0.2, 0.25) is 0 Å². The van der Waals surface area contributed by atoms with E-state index in [0.717, 1.165) is 5.57 Å². The summed E-state index contributed by atoms with van der Waals surface area (Å²) in [6, 6.07) is 7.97. The number of hydrogen-bond acceptors (Lipinski definition) is 14. The van der Waals surface area contributed by atoms with E-state index in [1.165, 1.54) is 19.1 Å². The highest BCUT2D eigenvalue weighted by Gasteiger charge is 2.56. The van der Waals surface area contributed by atoms with Crippen LogP contribution in [0.15, 0.2) is 53.6 Å². The Bertz CT molecular complexity index is 1880. The van der Waals surface area contributed by atoms with Crippen molar-refractivity contribution in [2.24, 2.45) is 29.6 Å². The maximum absolute atomic E-state index is 14.5. The third kappa shape index (κ3) is 13.1. The Kier molecular flexibility index (Phi) is 19.4. The molecular formula is C50H75N3O13. The Morgan fingerprint density at radius 3 is 2.26 bits per heavy atom. The van der Waals surface area contributed by atoms with Gasteiger partial charge in [0.25, 0.3) is 11.7 Å². The number of ketones is 2. The molecule has 16 heteroatoms. The topological polar surface area (TPSA) is 208 Å². The number of anilines is 1. The van der Waals surface area contributed by atoms with E-state index in [1.54, 1.807) is 40.0 Å². The van der Waals surface area contributed by atoms with Gasteiger partial charge in [-0.25, -0.2) is 15.0 Å². The zero-order valence-electron chi connectivity index (χ0n) is 40.4. The van der Waals surface area contributed by atoms with Crippen LogP contribution < -0.4 is 10.9 Å². The lowest BCUT2D eigenvalue weighted by atomic mass is 9.81. The van der Waals surface area contributed by atoms with Crippen LogP contribution in [0.4, 0.5) is 10.5 Å². The third-order valence-electron chi connectivity index (χ3n) is 14.2. The Hall–Kier alpha value is -4.19. The standard InChI is InChI=1S/C50H75N3O13/c1-10-35-23-29(2)22-30(3)24-42(62-8)45-43(63-9)26-32(5)50(60,66-45)46(56)47(57)53-21-15-14-18-37(53)48(58)65-44(33(6)38(54)28-39(35)55)31(4)25-34-19-20-40(41(27-34)61-7)64-49(59)52-51-36-16-12-11-13-17-36/h11-13,16-17,23,25,30,32-35,37-38,40-45,51,54,60H,10,14-15,18-22,24,26-28H2,1-9H3,(H,52,59)/b29-23+,31-25?. The van der Waals surface area contributed by atoms with Gasteiger partial charge in [-0.3, -0.25) is 19.8 Å². The molecule has 3 fully saturated rings. The van der Waals surface area contributed by atoms with Crippen molar-refractivity contribution in [3.63, 3.8) is 0 Å². The van der Waals surface area contributed by atoms with Crippen molar-refractivity contribution in [2.75, 3.05) is 33.3 Å². The quantitative estimate of drug-likeness (QED) is 0.0937. The van der Waals surface area contributed by atoms with Gasteiger partial charge < -0.3 is 43.5 Å². The number of esters is 1. The summed E-state index contributed by atoms with van der Waals surface area (Å²) in [7, 11) is 4.61. The highest BCUT2D eigenvalue weighted by molar-refractivity contribution is 6.39. The van der Waals surface area contributed by atoms with E-state index in [2.05, 4.69) is 10.9 Å². The maximum atomic E-state index is 14.5. The Morgan fingerprint density at radius 1 is 0.909 bits per heavy atom. The molecule has 0 aromatic heterocycles. The molecule has 4 aliphatic rings. The van der Waals surface area contributed by atoms with Crippen LogP contribution in [-0.4, -0.2) is 127 Å². The zero-order chi connectivity index (χ0) is 48.3. The number of nitrogens with zero attached hydrogens (tertiary/aromatic N) is 1. The predicted molar refractivity (Wildman–Crippen MR) is 246 cm³/mol. The number of amides is 2. The van der Waals surface area contributed by atoms with Crippen LogP contribution in [0, 0.1) is 29.6 Å². The first kappa shape index (κ1) is 52.8. The van der Waals surface area contributed by atoms with Crippen LogP contribution in [0.1, 0.15) is 112 Å². The number of piperidine rings is 1. The van der Waals surface area contributed by atoms with Gasteiger partial charge in [0.05, 0.1) is 30.1 Å². The van der Waals surface area contributed by atoms with Crippen molar-refractivity contribution in [3.8, 4) is 0 Å². The normalized spacial score (nSPS) is 36.8. The number of methoxy groups -OCH3 is 3. The summed E-state index contributed by atoms with van der Waals surface area (Å²) >= 11 is 0. The molecule has 1 aliphatic carbocycles. The fraction of sp³-hybridized carbons (Fsp3) is 0.700. The van der Waals surface area contributed by atoms with Gasteiger partial charge in [0.15, 0.2) is 0 Å². The fourth-order valence-corrected chi connectivity index (χ4v) is 10.3. The van der Waals surface area contributed by atoms with E-state index >= 15 is 0 Å². The number of aliphatic hydroxyl groups is 2. The number of Topliss-reactive ketones (excluding diaryl/α,β-unsaturated/α-hetero) is 2. The summed E-state index contributed by atoms with van der Waals surface area (Å²) < 4.78 is 35.9. The number of allylic oxidation sites excluding steroid dienone is 3. The lowest BCUT2D eigenvalue weighted by molar-refractivity contribution is -0.302. The minimum atomic E-state index is -2.53. The first-order chi connectivity index (χ1) is 31.4. The van der Waals surface area contributed by atoms with Crippen molar-refractivity contribution in [1.82, 2.24) is 10.3 Å². The van der Waals surface area contributed by atoms with Gasteiger partial charge in [0, 0.05) is 52.0 Å². The van der Waals surface area contributed by atoms with E-state index in [9.17, 15) is 34.2 Å². The van der Waals surface area contributed by atoms with Crippen molar-refractivity contribution in [2.45, 2.75) is 167 Å². The monoisotopic (exact) mass is 926 g/mol. The molecule has 1 saturated carbocycles. The highest BCUT2D eigenvalue weighted by atomic mass is 16.7. The third-order valence-corrected chi connectivity index (χ3v) is 14.2. The molecule has 368 valence electrons. The molecule has 3 heterocycles. The van der Waals surface area contributed by atoms with E-state index in [1.807, 2.05) is 51.1 Å². The van der Waals surface area contributed by atoms with Crippen LogP contribution in [0.25, 0.3) is 0 Å². The molecule has 2 saturated heterocycles. The minimum Gasteiger partial charge on any atom is -0.456 e. The number of hydrogen-bond donors (Lipinski definition) is 4. The van der Waals surface area contributed by atoms with E-state index in [-0.39, 0.29) is 43.4 Å². The molecule has 14 atom stereocenters. The average molecular weight is 926 g/mol. The largest absolute Gasteiger partial charge is 0.456 e. The first-order valence-electron chi connectivity index (χ1n) is 23.8. The number of fused-ring (bicyclic) bond motifs is 3. The number of hydrazine groups is 1. The van der Waals surface area contributed by atoms with Crippen molar-refractivity contribution < 1.29 is 62.6 Å². The van der Waals surface area contributed by atoms with E-state index in [4.69, 9.17) is 28.4 Å². The first-order valence-corrected chi connectivity index (χ1v) is 23.8. The summed E-state index contributed by atoms with van der Waals surface area (Å²) in [6.07, 6.45) is 2.42. The molecule has 14 unspecified atom stereocenters. The van der Waals surface area contributed by atoms with Gasteiger partial charge in [0.2, 0.25) is 5.79 Å². The summed E-state index contributed by atoms with van der Waals surface area (Å²) in [6.45, 7) is 11.2. The van der Waals surface area contributed by atoms with Crippen LogP contribution >= 0.6 is 0 Å². The number of ether oxygens (including phenoxy) is 6. The zero-order valence-corrected chi connectivity index (χ0v) is 40.4. The smallest absolute Gasteiger partial charge is 0.426 e. The highest BCUT2D eigenvalue weighted by Crippen LogP contribution is 2.39. The minimum absolute atomic E-state index is 0.0145. The second kappa shape index (κ2) is 24.2. The second-order valence-electron chi connectivity index (χ2n) is 19.1. The molecule has 3 aliphatic heterocycles. The molecule has 66 heavy (non-hydrogen) atoms. The molecular weight excluding hydrogens is 851 g/mol. The molecule has 4 N–H and O–H groups in total. The maximum Gasteiger partial charge on any atom is 0.426 e. The number of para-hydroxylation sites is 1. The average Bonchev–Trinajstić information content (AvgIpc) is 3.31. The van der Waals surface area contributed by atoms with E-state index < -0.39 is 96.1 Å². The van der Waals surface area contributed by atoms with Crippen molar-refractivity contribution in [3.05, 3.63) is 53.6 Å². The van der Waals surface area contributed by atoms with Crippen LogP contribution in [0.5, 0.6) is 0 Å². The summed E-state index contributed by atoms with van der Waals surface area (Å²) in [5.41, 5.74) is 7.68. The molecule has 1 aromatic rings. The molecule has 2 amide bonds. The molecule has 0 radical (unpaired) electrons. The van der Waals surface area contributed by atoms with E-state index in [0.29, 0.717) is 62.6 Å². The number of rotatable bonds is 9. The van der Waals surface area contributed by atoms with Crippen LogP contribution in [0.3, 0.4) is 0 Å². The lowest BCUT2D eigenvalue weighted by Crippen LogP contribution is -2.64. The molecule has 5 rings (SSSR count). The number of nitrogens with one attached hydrogen (secondary N) is 2. The summed E-state index contributed by atoms with van der Waals surface area (Å²) in [5.74, 6) is -7.85. The van der Waals surface area contributed by atoms with Gasteiger partial charge >= 0.3 is 12.1 Å². The van der Waals surface area contributed by atoms with Crippen molar-refractivity contribution >= 4 is 35.2 Å². The lowest BCUT2D eigenvalue weighted by Gasteiger charge is -2.47. The van der Waals surface area contributed by atoms with Gasteiger partial charge in [-0.05, 0) is 108 Å². The summed E-state index contributed by atoms with van der Waals surface area (Å²) in [4.78, 5) is 71.1. The van der Waals surface area contributed by atoms with Gasteiger partial charge in [-0.1, -0.05) is 63.6 Å². The Labute approximate surface area is 390 Å². The number of cyclic esters (lactones) is 1. The summed E-state index contributed by atoms with van der Waals surface area (Å²) in [5, 5.41) is 23.9. The van der Waals surface area contributed by atoms with Gasteiger partial charge in [0.1, 0.15) is 30.1 Å². The number of carbonyl (C=O) groups is 5. The molecule has 1 aromatic carbocycles. The molecule has 2 bridgehead atoms. The van der Waals surface area contributed by atoms with Crippen LogP contribution in [-0.2, 0) is 47.6 Å².